The van der Waals surface area contributed by atoms with Crippen molar-refractivity contribution in [2.24, 2.45) is 11.7 Å². The molecule has 0 spiro atoms. The Morgan fingerprint density at radius 3 is 2.11 bits per heavy atom. The van der Waals surface area contributed by atoms with Crippen LogP contribution in [-0.4, -0.2) is 227 Å². The van der Waals surface area contributed by atoms with Crippen LogP contribution in [0.4, 0.5) is 21.1 Å². The highest BCUT2D eigenvalue weighted by Gasteiger charge is 2.40. The fourth-order valence-corrected chi connectivity index (χ4v) is 10.7. The Bertz CT molecular complexity index is 2790. The number of likely N-dealkylation sites (N-methyl/N-ethyl adjacent to an activating group) is 2. The molecule has 1 aliphatic carbocycles. The molecule has 1 aliphatic heterocycles. The molecule has 3 atom stereocenters. The van der Waals surface area contributed by atoms with Gasteiger partial charge >= 0.3 is 12.1 Å². The first-order valence-electron chi connectivity index (χ1n) is 28.0. The van der Waals surface area contributed by atoms with Crippen molar-refractivity contribution < 1.29 is 70.5 Å². The van der Waals surface area contributed by atoms with Crippen molar-refractivity contribution in [3.63, 3.8) is 0 Å². The van der Waals surface area contributed by atoms with E-state index in [0.29, 0.717) is 93.4 Å². The number of nitrogens with zero attached hydrogens (tertiary/aromatic N) is 7. The number of likely N-dealkylation sites (tertiary alicyclic amines) is 1. The minimum absolute atomic E-state index is 0.00224. The second kappa shape index (κ2) is 34.4. The van der Waals surface area contributed by atoms with E-state index in [0.717, 1.165) is 0 Å². The van der Waals surface area contributed by atoms with Crippen LogP contribution < -0.4 is 36.6 Å². The number of sulfonamides is 1. The smallest absolute Gasteiger partial charge is 0.409 e. The van der Waals surface area contributed by atoms with Crippen LogP contribution in [0.1, 0.15) is 71.3 Å². The molecule has 8 amide bonds. The number of nitrogens with two attached hydrogens (primary N) is 1. The lowest BCUT2D eigenvalue weighted by Crippen LogP contribution is -2.57. The maximum atomic E-state index is 13.8. The van der Waals surface area contributed by atoms with Gasteiger partial charge in [0.1, 0.15) is 36.9 Å². The SMILES string of the molecule is CCCS(=O)(=O)NC1CC(N(C)c2ncnc3c2ccn3C(=O)N(C)CCN(C)C(=O)OCc2ccc(NC(=O)[C@@H](NC(=O)[C@@H]3CCCN3C(=O)C(CC(N)=O)NC(=O)CCOCCOCCOCCOCCNC(=O)CBr)C(C)C)cc2)C1. The topological polar surface area (TPSA) is 347 Å². The Morgan fingerprint density at radius 1 is 0.833 bits per heavy atom. The molecule has 2 fully saturated rings. The maximum absolute atomic E-state index is 13.8. The molecule has 1 unspecified atom stereocenters. The molecule has 28 nitrogen and oxygen atoms in total. The number of ether oxygens (including phenoxy) is 5. The minimum Gasteiger partial charge on any atom is -0.445 e. The standard InChI is InChI=1S/C54H82BrN13O15S/c1-7-29-84(77,78)63-39-30-40(31-39)66(6)48-41-14-18-68(49(41)59-35-58-48)53(75)64(4)19-20-65(5)54(76)83-34-37-10-12-38(13-11-37)60-51(73)47(36(2)3)62-50(72)43-9-8-17-67(43)52(74)42(32-44(56)69)61-45(70)15-21-79-23-25-81-27-28-82-26-24-80-22-16-57-46(71)33-55/h10-14,18,35-36,39-40,42-43,47,63H,7-9,15-17,19-34H2,1-6H3,(H2,56,69)(H,57,71)(H,60,73)(H,61,70)(H,62,72)/t39?,40?,42?,43-,47-/m0/s1. The Kier molecular flexibility index (Phi) is 27.9. The van der Waals surface area contributed by atoms with Gasteiger partial charge in [-0.1, -0.05) is 48.8 Å². The number of halogens is 1. The van der Waals surface area contributed by atoms with Gasteiger partial charge in [0.05, 0.1) is 75.7 Å². The fourth-order valence-electron chi connectivity index (χ4n) is 9.15. The first-order chi connectivity index (χ1) is 40.1. The van der Waals surface area contributed by atoms with Crippen LogP contribution in [0.3, 0.4) is 0 Å². The lowest BCUT2D eigenvalue weighted by atomic mass is 9.86. The first-order valence-corrected chi connectivity index (χ1v) is 30.8. The Balaban J connectivity index is 1.00. The predicted octanol–water partition coefficient (Wildman–Crippen LogP) is 1.29. The summed E-state index contributed by atoms with van der Waals surface area (Å²) in [5, 5.41) is 11.7. The number of primary amides is 1. The lowest BCUT2D eigenvalue weighted by Gasteiger charge is -2.41. The largest absolute Gasteiger partial charge is 0.445 e. The van der Waals surface area contributed by atoms with Gasteiger partial charge in [0.25, 0.3) is 0 Å². The van der Waals surface area contributed by atoms with E-state index >= 15 is 0 Å². The molecular formula is C54H82BrN13O15S. The van der Waals surface area contributed by atoms with Crippen molar-refractivity contribution in [1.29, 1.82) is 0 Å². The van der Waals surface area contributed by atoms with Gasteiger partial charge in [-0.15, -0.1) is 0 Å². The number of alkyl halides is 1. The summed E-state index contributed by atoms with van der Waals surface area (Å²) in [6, 6.07) is 4.51. The van der Waals surface area contributed by atoms with Gasteiger partial charge in [-0.25, -0.2) is 32.7 Å². The summed E-state index contributed by atoms with van der Waals surface area (Å²) >= 11 is 3.07. The monoisotopic (exact) mass is 1260 g/mol. The van der Waals surface area contributed by atoms with Crippen LogP contribution in [0.5, 0.6) is 0 Å². The third kappa shape index (κ3) is 21.5. The molecule has 466 valence electrons. The van der Waals surface area contributed by atoms with E-state index in [1.165, 1.54) is 25.6 Å². The van der Waals surface area contributed by atoms with E-state index in [4.69, 9.17) is 29.4 Å². The number of fused-ring (bicyclic) bond motifs is 1. The Labute approximate surface area is 498 Å². The minimum atomic E-state index is -3.32. The van der Waals surface area contributed by atoms with E-state index in [2.05, 4.69) is 51.9 Å². The highest BCUT2D eigenvalue weighted by molar-refractivity contribution is 9.09. The van der Waals surface area contributed by atoms with Crippen LogP contribution in [-0.2, 0) is 69.1 Å². The number of anilines is 2. The third-order valence-corrected chi connectivity index (χ3v) is 16.0. The van der Waals surface area contributed by atoms with Gasteiger partial charge in [0, 0.05) is 77.7 Å². The average molecular weight is 1270 g/mol. The molecular weight excluding hydrogens is 1180 g/mol. The van der Waals surface area contributed by atoms with Gasteiger partial charge in [-0.05, 0) is 61.8 Å². The second-order valence-corrected chi connectivity index (χ2v) is 23.2. The van der Waals surface area contributed by atoms with Gasteiger partial charge in [-0.2, -0.15) is 0 Å². The zero-order valence-corrected chi connectivity index (χ0v) is 51.1. The van der Waals surface area contributed by atoms with Gasteiger partial charge in [0.15, 0.2) is 5.65 Å². The second-order valence-electron chi connectivity index (χ2n) is 20.8. The van der Waals surface area contributed by atoms with Gasteiger partial charge in [0.2, 0.25) is 45.5 Å². The summed E-state index contributed by atoms with van der Waals surface area (Å²) in [4.78, 5) is 119. The molecule has 0 bridgehead atoms. The average Bonchev–Trinajstić information content (AvgIpc) is 2.69. The number of rotatable bonds is 36. The van der Waals surface area contributed by atoms with Gasteiger partial charge in [-0.3, -0.25) is 33.3 Å². The number of hydrogen-bond acceptors (Lipinski definition) is 18. The number of amides is 8. The Hall–Kier alpha value is -6.57. The van der Waals surface area contributed by atoms with E-state index < -0.39 is 70.2 Å². The number of hydrogen-bond donors (Lipinski definition) is 6. The number of benzene rings is 1. The molecule has 3 heterocycles. The number of aromatic nitrogens is 3. The summed E-state index contributed by atoms with van der Waals surface area (Å²) in [7, 11) is 1.72. The van der Waals surface area contributed by atoms with Crippen molar-refractivity contribution >= 4 is 96.1 Å². The molecule has 0 radical (unpaired) electrons. The van der Waals surface area contributed by atoms with Crippen LogP contribution in [0.2, 0.25) is 0 Å². The molecule has 1 aromatic carbocycles. The highest BCUT2D eigenvalue weighted by Crippen LogP contribution is 2.32. The summed E-state index contributed by atoms with van der Waals surface area (Å²) in [6.45, 7) is 8.30. The summed E-state index contributed by atoms with van der Waals surface area (Å²) < 4.78 is 55.9. The molecule has 1 saturated carbocycles. The predicted molar refractivity (Wildman–Crippen MR) is 313 cm³/mol. The highest BCUT2D eigenvalue weighted by atomic mass is 79.9. The van der Waals surface area contributed by atoms with E-state index in [-0.39, 0.29) is 99.9 Å². The molecule has 5 rings (SSSR count). The Morgan fingerprint density at radius 2 is 1.48 bits per heavy atom. The van der Waals surface area contributed by atoms with Crippen molar-refractivity contribution in [2.45, 2.75) is 103 Å². The molecule has 30 heteroatoms. The summed E-state index contributed by atoms with van der Waals surface area (Å²) in [6.07, 6.45) is 4.23. The third-order valence-electron chi connectivity index (χ3n) is 13.9. The van der Waals surface area contributed by atoms with Crippen LogP contribution in [0, 0.1) is 5.92 Å². The molecule has 7 N–H and O–H groups in total. The van der Waals surface area contributed by atoms with E-state index in [9.17, 15) is 46.8 Å². The molecule has 3 aromatic rings. The summed E-state index contributed by atoms with van der Waals surface area (Å²) in [5.74, 6) is -2.97. The first kappa shape index (κ1) is 68.2. The number of carbonyl (C=O) groups excluding carboxylic acids is 8. The van der Waals surface area contributed by atoms with Crippen LogP contribution >= 0.6 is 15.9 Å². The zero-order chi connectivity index (χ0) is 61.3. The molecule has 2 aromatic heterocycles. The van der Waals surface area contributed by atoms with Gasteiger partial charge < -0.3 is 70.3 Å². The molecule has 84 heavy (non-hydrogen) atoms. The molecule has 2 aliphatic rings. The lowest BCUT2D eigenvalue weighted by molar-refractivity contribution is -0.143. The van der Waals surface area contributed by atoms with Crippen molar-refractivity contribution in [3.05, 3.63) is 48.4 Å². The quantitative estimate of drug-likeness (QED) is 0.0353. The maximum Gasteiger partial charge on any atom is 0.409 e. The van der Waals surface area contributed by atoms with Crippen LogP contribution in [0.15, 0.2) is 42.9 Å². The zero-order valence-electron chi connectivity index (χ0n) is 48.7. The van der Waals surface area contributed by atoms with Crippen molar-refractivity contribution in [3.8, 4) is 0 Å². The molecule has 1 saturated heterocycles. The van der Waals surface area contributed by atoms with E-state index in [1.54, 1.807) is 64.5 Å². The van der Waals surface area contributed by atoms with Crippen molar-refractivity contribution in [1.82, 2.24) is 49.9 Å². The fraction of sp³-hybridized carbons (Fsp3) is 0.630. The normalized spacial score (nSPS) is 16.5. The van der Waals surface area contributed by atoms with E-state index in [1.807, 2.05) is 18.9 Å². The summed E-state index contributed by atoms with van der Waals surface area (Å²) in [5.41, 5.74) is 6.89. The number of carbonyl (C=O) groups is 8. The number of nitrogens with one attached hydrogen (secondary N) is 5. The van der Waals surface area contributed by atoms with Crippen molar-refractivity contribution in [2.75, 3.05) is 121 Å². The van der Waals surface area contributed by atoms with Crippen LogP contribution in [0.25, 0.3) is 11.0 Å².